The standard InChI is InChI=1S/C24H24/c1-17-14-15-21(18(2)16-17)24-22(19-8-4-3-5-9-19)12-7-13-23(24)20-10-6-11-20/h3-5,7-9,12-16,20H,6,10-11H2,1-2H3. The minimum atomic E-state index is 0.726. The van der Waals surface area contributed by atoms with E-state index in [1.54, 1.807) is 0 Å². The quantitative estimate of drug-likeness (QED) is 0.493. The molecule has 3 aromatic carbocycles. The number of benzene rings is 3. The van der Waals surface area contributed by atoms with E-state index < -0.39 is 0 Å². The minimum absolute atomic E-state index is 0.726. The lowest BCUT2D eigenvalue weighted by Crippen LogP contribution is -2.10. The van der Waals surface area contributed by atoms with E-state index in [9.17, 15) is 0 Å². The largest absolute Gasteiger partial charge is 0.0622 e. The second kappa shape index (κ2) is 6.28. The summed E-state index contributed by atoms with van der Waals surface area (Å²) in [5, 5.41) is 0. The van der Waals surface area contributed by atoms with Gasteiger partial charge in [-0.1, -0.05) is 78.7 Å². The molecule has 0 radical (unpaired) electrons. The van der Waals surface area contributed by atoms with E-state index in [0.29, 0.717) is 0 Å². The Balaban J connectivity index is 1.98. The van der Waals surface area contributed by atoms with Crippen molar-refractivity contribution in [1.82, 2.24) is 0 Å². The molecule has 0 aromatic heterocycles. The van der Waals surface area contributed by atoms with E-state index in [1.165, 1.54) is 58.2 Å². The van der Waals surface area contributed by atoms with Gasteiger partial charge in [0.05, 0.1) is 0 Å². The maximum absolute atomic E-state index is 2.35. The highest BCUT2D eigenvalue weighted by molar-refractivity contribution is 5.87. The average molecular weight is 312 g/mol. The fourth-order valence-electron chi connectivity index (χ4n) is 3.88. The van der Waals surface area contributed by atoms with Gasteiger partial charge in [-0.15, -0.1) is 0 Å². The van der Waals surface area contributed by atoms with Gasteiger partial charge in [-0.25, -0.2) is 0 Å². The molecule has 0 aliphatic heterocycles. The van der Waals surface area contributed by atoms with E-state index in [0.717, 1.165) is 5.92 Å². The van der Waals surface area contributed by atoms with Crippen LogP contribution in [0.5, 0.6) is 0 Å². The third kappa shape index (κ3) is 2.67. The third-order valence-electron chi connectivity index (χ3n) is 5.38. The zero-order valence-corrected chi connectivity index (χ0v) is 14.5. The molecule has 120 valence electrons. The molecule has 1 aliphatic carbocycles. The minimum Gasteiger partial charge on any atom is -0.0622 e. The van der Waals surface area contributed by atoms with Gasteiger partial charge >= 0.3 is 0 Å². The Morgan fingerprint density at radius 3 is 2.21 bits per heavy atom. The van der Waals surface area contributed by atoms with Gasteiger partial charge in [-0.2, -0.15) is 0 Å². The molecule has 0 saturated heterocycles. The van der Waals surface area contributed by atoms with Crippen molar-refractivity contribution in [2.75, 3.05) is 0 Å². The van der Waals surface area contributed by atoms with Crippen LogP contribution in [0, 0.1) is 13.8 Å². The summed E-state index contributed by atoms with van der Waals surface area (Å²) in [4.78, 5) is 0. The molecule has 0 N–H and O–H groups in total. The maximum Gasteiger partial charge on any atom is -0.00678 e. The number of hydrogen-bond acceptors (Lipinski definition) is 0. The monoisotopic (exact) mass is 312 g/mol. The van der Waals surface area contributed by atoms with E-state index in [4.69, 9.17) is 0 Å². The molecule has 1 fully saturated rings. The number of rotatable bonds is 3. The molecule has 0 unspecified atom stereocenters. The zero-order chi connectivity index (χ0) is 16.5. The summed E-state index contributed by atoms with van der Waals surface area (Å²) in [5.74, 6) is 0.726. The molecule has 0 nitrogen and oxygen atoms in total. The molecule has 1 aliphatic rings. The van der Waals surface area contributed by atoms with Crippen LogP contribution in [0.1, 0.15) is 41.9 Å². The van der Waals surface area contributed by atoms with Crippen molar-refractivity contribution in [3.8, 4) is 22.3 Å². The highest BCUT2D eigenvalue weighted by atomic mass is 14.3. The van der Waals surface area contributed by atoms with Crippen molar-refractivity contribution >= 4 is 0 Å². The Labute approximate surface area is 145 Å². The second-order valence-corrected chi connectivity index (χ2v) is 7.08. The van der Waals surface area contributed by atoms with Crippen molar-refractivity contribution in [3.63, 3.8) is 0 Å². The molecule has 0 bridgehead atoms. The van der Waals surface area contributed by atoms with Gasteiger partial charge in [0.25, 0.3) is 0 Å². The predicted molar refractivity (Wildman–Crippen MR) is 103 cm³/mol. The van der Waals surface area contributed by atoms with Crippen molar-refractivity contribution < 1.29 is 0 Å². The smallest absolute Gasteiger partial charge is 0.00678 e. The molecule has 24 heavy (non-hydrogen) atoms. The van der Waals surface area contributed by atoms with Crippen LogP contribution >= 0.6 is 0 Å². The molecule has 0 heterocycles. The van der Waals surface area contributed by atoms with Crippen molar-refractivity contribution in [3.05, 3.63) is 83.4 Å². The normalized spacial score (nSPS) is 14.4. The lowest BCUT2D eigenvalue weighted by atomic mass is 9.75. The van der Waals surface area contributed by atoms with Crippen LogP contribution in [-0.2, 0) is 0 Å². The molecule has 4 rings (SSSR count). The molecular weight excluding hydrogens is 288 g/mol. The van der Waals surface area contributed by atoms with E-state index in [1.807, 2.05) is 0 Å². The first-order valence-corrected chi connectivity index (χ1v) is 9.00. The average Bonchev–Trinajstić information content (AvgIpc) is 2.55. The second-order valence-electron chi connectivity index (χ2n) is 7.08. The fourth-order valence-corrected chi connectivity index (χ4v) is 3.88. The maximum atomic E-state index is 2.35. The first-order valence-electron chi connectivity index (χ1n) is 9.00. The number of aryl methyl sites for hydroxylation is 2. The van der Waals surface area contributed by atoms with Crippen LogP contribution in [0.25, 0.3) is 22.3 Å². The van der Waals surface area contributed by atoms with Crippen LogP contribution < -0.4 is 0 Å². The fraction of sp³-hybridized carbons (Fsp3) is 0.250. The predicted octanol–water partition coefficient (Wildman–Crippen LogP) is 6.90. The summed E-state index contributed by atoms with van der Waals surface area (Å²) in [5.41, 5.74) is 9.76. The summed E-state index contributed by atoms with van der Waals surface area (Å²) in [6.45, 7) is 4.42. The lowest BCUT2D eigenvalue weighted by molar-refractivity contribution is 0.420. The van der Waals surface area contributed by atoms with Crippen LogP contribution in [0.2, 0.25) is 0 Å². The Hall–Kier alpha value is -2.34. The summed E-state index contributed by atoms with van der Waals surface area (Å²) in [7, 11) is 0. The van der Waals surface area contributed by atoms with Crippen molar-refractivity contribution in [2.45, 2.75) is 39.0 Å². The highest BCUT2D eigenvalue weighted by Crippen LogP contribution is 2.45. The summed E-state index contributed by atoms with van der Waals surface area (Å²) in [6.07, 6.45) is 4.03. The first-order chi connectivity index (χ1) is 11.7. The molecule has 0 atom stereocenters. The van der Waals surface area contributed by atoms with E-state index in [-0.39, 0.29) is 0 Å². The Kier molecular flexibility index (Phi) is 3.98. The molecule has 3 aromatic rings. The van der Waals surface area contributed by atoms with Gasteiger partial charge in [-0.3, -0.25) is 0 Å². The van der Waals surface area contributed by atoms with Gasteiger partial charge in [0.15, 0.2) is 0 Å². The summed E-state index contributed by atoms with van der Waals surface area (Å²) in [6, 6.07) is 24.6. The van der Waals surface area contributed by atoms with Crippen molar-refractivity contribution in [2.24, 2.45) is 0 Å². The van der Waals surface area contributed by atoms with Crippen LogP contribution in [0.3, 0.4) is 0 Å². The first kappa shape index (κ1) is 15.2. The zero-order valence-electron chi connectivity index (χ0n) is 14.5. The lowest BCUT2D eigenvalue weighted by Gasteiger charge is -2.30. The van der Waals surface area contributed by atoms with Crippen LogP contribution in [0.15, 0.2) is 66.7 Å². The topological polar surface area (TPSA) is 0 Å². The van der Waals surface area contributed by atoms with Crippen LogP contribution in [-0.4, -0.2) is 0 Å². The summed E-state index contributed by atoms with van der Waals surface area (Å²) >= 11 is 0. The molecule has 0 spiro atoms. The van der Waals surface area contributed by atoms with Crippen LogP contribution in [0.4, 0.5) is 0 Å². The van der Waals surface area contributed by atoms with E-state index >= 15 is 0 Å². The summed E-state index contributed by atoms with van der Waals surface area (Å²) < 4.78 is 0. The molecular formula is C24H24. The Morgan fingerprint density at radius 1 is 0.750 bits per heavy atom. The van der Waals surface area contributed by atoms with Gasteiger partial charge in [0.1, 0.15) is 0 Å². The molecule has 0 heteroatoms. The van der Waals surface area contributed by atoms with Gasteiger partial charge in [-0.05, 0) is 66.0 Å². The Bertz CT molecular complexity index is 854. The van der Waals surface area contributed by atoms with Gasteiger partial charge in [0.2, 0.25) is 0 Å². The van der Waals surface area contributed by atoms with E-state index in [2.05, 4.69) is 80.6 Å². The molecule has 1 saturated carbocycles. The SMILES string of the molecule is Cc1ccc(-c2c(-c3ccccc3)cccc2C2CCC2)c(C)c1. The van der Waals surface area contributed by atoms with Crippen molar-refractivity contribution in [1.29, 1.82) is 0 Å². The van der Waals surface area contributed by atoms with Gasteiger partial charge in [0, 0.05) is 0 Å². The van der Waals surface area contributed by atoms with Gasteiger partial charge < -0.3 is 0 Å². The Morgan fingerprint density at radius 2 is 1.54 bits per heavy atom. The number of hydrogen-bond donors (Lipinski definition) is 0. The third-order valence-corrected chi connectivity index (χ3v) is 5.38. The highest BCUT2D eigenvalue weighted by Gasteiger charge is 2.24. The molecule has 0 amide bonds.